The van der Waals surface area contributed by atoms with Crippen LogP contribution in [0.25, 0.3) is 0 Å². The second-order valence-electron chi connectivity index (χ2n) is 4.08. The maximum atomic E-state index is 11.9. The zero-order chi connectivity index (χ0) is 13.0. The molecule has 0 aliphatic heterocycles. The van der Waals surface area contributed by atoms with E-state index in [2.05, 4.69) is 15.9 Å². The lowest BCUT2D eigenvalue weighted by Gasteiger charge is -2.06. The summed E-state index contributed by atoms with van der Waals surface area (Å²) in [7, 11) is 0. The van der Waals surface area contributed by atoms with Crippen molar-refractivity contribution in [1.29, 1.82) is 0 Å². The van der Waals surface area contributed by atoms with E-state index in [0.29, 0.717) is 12.2 Å². The van der Waals surface area contributed by atoms with E-state index >= 15 is 0 Å². The lowest BCUT2D eigenvalue weighted by atomic mass is 10.1. The number of esters is 1. The standard InChI is InChI=1S/C15H13BrO2/c1-11-7-13(9-14(16)8-11)15(17)18-10-12-5-3-2-4-6-12/h2-9H,10H2,1H3. The van der Waals surface area contributed by atoms with Gasteiger partial charge < -0.3 is 4.74 Å². The molecule has 3 heteroatoms. The average Bonchev–Trinajstić information content (AvgIpc) is 2.36. The van der Waals surface area contributed by atoms with Crippen LogP contribution in [0.5, 0.6) is 0 Å². The summed E-state index contributed by atoms with van der Waals surface area (Å²) in [5, 5.41) is 0. The lowest BCUT2D eigenvalue weighted by Crippen LogP contribution is -2.05. The molecule has 2 aromatic rings. The highest BCUT2D eigenvalue weighted by molar-refractivity contribution is 9.10. The van der Waals surface area contributed by atoms with E-state index in [0.717, 1.165) is 15.6 Å². The highest BCUT2D eigenvalue weighted by atomic mass is 79.9. The molecular formula is C15H13BrO2. The van der Waals surface area contributed by atoms with Crippen molar-refractivity contribution in [3.63, 3.8) is 0 Å². The summed E-state index contributed by atoms with van der Waals surface area (Å²) in [6.45, 7) is 2.24. The van der Waals surface area contributed by atoms with Crippen LogP contribution in [0.3, 0.4) is 0 Å². The van der Waals surface area contributed by atoms with Crippen molar-refractivity contribution in [3.8, 4) is 0 Å². The van der Waals surface area contributed by atoms with Crippen molar-refractivity contribution >= 4 is 21.9 Å². The first-order valence-corrected chi connectivity index (χ1v) is 6.43. The Hall–Kier alpha value is -1.61. The van der Waals surface area contributed by atoms with Crippen molar-refractivity contribution in [3.05, 3.63) is 69.7 Å². The third-order valence-electron chi connectivity index (χ3n) is 2.49. The number of halogens is 1. The first kappa shape index (κ1) is 12.8. The van der Waals surface area contributed by atoms with Crippen LogP contribution in [0.2, 0.25) is 0 Å². The van der Waals surface area contributed by atoms with Gasteiger partial charge in [-0.25, -0.2) is 4.79 Å². The maximum Gasteiger partial charge on any atom is 0.338 e. The Morgan fingerprint density at radius 3 is 2.56 bits per heavy atom. The van der Waals surface area contributed by atoms with Gasteiger partial charge in [-0.05, 0) is 36.2 Å². The molecule has 92 valence electrons. The second kappa shape index (κ2) is 5.83. The molecule has 0 aliphatic carbocycles. The lowest BCUT2D eigenvalue weighted by molar-refractivity contribution is 0.0472. The Morgan fingerprint density at radius 2 is 1.89 bits per heavy atom. The van der Waals surface area contributed by atoms with Gasteiger partial charge in [0.2, 0.25) is 0 Å². The molecule has 0 N–H and O–H groups in total. The highest BCUT2D eigenvalue weighted by Crippen LogP contribution is 2.16. The second-order valence-corrected chi connectivity index (χ2v) is 4.99. The van der Waals surface area contributed by atoms with E-state index in [-0.39, 0.29) is 5.97 Å². The van der Waals surface area contributed by atoms with E-state index in [4.69, 9.17) is 4.74 Å². The zero-order valence-corrected chi connectivity index (χ0v) is 11.6. The van der Waals surface area contributed by atoms with Crippen molar-refractivity contribution < 1.29 is 9.53 Å². The third kappa shape index (κ3) is 3.44. The fraction of sp³-hybridized carbons (Fsp3) is 0.133. The molecule has 0 radical (unpaired) electrons. The molecule has 2 aromatic carbocycles. The largest absolute Gasteiger partial charge is 0.457 e. The van der Waals surface area contributed by atoms with Gasteiger partial charge >= 0.3 is 5.97 Å². The van der Waals surface area contributed by atoms with Gasteiger partial charge in [0.1, 0.15) is 6.61 Å². The number of hydrogen-bond donors (Lipinski definition) is 0. The Bertz CT molecular complexity index is 529. The Morgan fingerprint density at radius 1 is 1.17 bits per heavy atom. The van der Waals surface area contributed by atoms with Crippen LogP contribution in [0, 0.1) is 6.92 Å². The number of rotatable bonds is 3. The van der Waals surface area contributed by atoms with Gasteiger partial charge in [-0.15, -0.1) is 0 Å². The highest BCUT2D eigenvalue weighted by Gasteiger charge is 2.08. The molecule has 0 saturated heterocycles. The number of hydrogen-bond acceptors (Lipinski definition) is 2. The van der Waals surface area contributed by atoms with E-state index in [9.17, 15) is 4.79 Å². The smallest absolute Gasteiger partial charge is 0.338 e. The molecule has 0 amide bonds. The summed E-state index contributed by atoms with van der Waals surface area (Å²) in [6, 6.07) is 15.2. The molecular weight excluding hydrogens is 292 g/mol. The van der Waals surface area contributed by atoms with Gasteiger partial charge in [0, 0.05) is 4.47 Å². The molecule has 0 aliphatic rings. The molecule has 0 aromatic heterocycles. The quantitative estimate of drug-likeness (QED) is 0.798. The number of ether oxygens (including phenoxy) is 1. The minimum absolute atomic E-state index is 0.297. The fourth-order valence-corrected chi connectivity index (χ4v) is 2.27. The van der Waals surface area contributed by atoms with Crippen LogP contribution >= 0.6 is 15.9 Å². The van der Waals surface area contributed by atoms with Crippen LogP contribution in [-0.4, -0.2) is 5.97 Å². The molecule has 0 fully saturated rings. The van der Waals surface area contributed by atoms with Gasteiger partial charge in [0.25, 0.3) is 0 Å². The number of carbonyl (C=O) groups is 1. The molecule has 0 unspecified atom stereocenters. The summed E-state index contributed by atoms with van der Waals surface area (Å²) >= 11 is 3.37. The normalized spacial score (nSPS) is 10.1. The molecule has 18 heavy (non-hydrogen) atoms. The molecule has 0 atom stereocenters. The molecule has 0 saturated carbocycles. The predicted octanol–water partition coefficient (Wildman–Crippen LogP) is 4.11. The fourth-order valence-electron chi connectivity index (χ4n) is 1.66. The van der Waals surface area contributed by atoms with E-state index in [1.165, 1.54) is 0 Å². The first-order chi connectivity index (χ1) is 8.65. The van der Waals surface area contributed by atoms with Gasteiger partial charge in [-0.3, -0.25) is 0 Å². The summed E-state index contributed by atoms with van der Waals surface area (Å²) in [4.78, 5) is 11.9. The number of carbonyl (C=O) groups excluding carboxylic acids is 1. The maximum absolute atomic E-state index is 11.9. The minimum atomic E-state index is -0.303. The minimum Gasteiger partial charge on any atom is -0.457 e. The van der Waals surface area contributed by atoms with Crippen molar-refractivity contribution in [2.45, 2.75) is 13.5 Å². The van der Waals surface area contributed by atoms with E-state index < -0.39 is 0 Å². The first-order valence-electron chi connectivity index (χ1n) is 5.63. The zero-order valence-electron chi connectivity index (χ0n) is 10.0. The summed E-state index contributed by atoms with van der Waals surface area (Å²) in [6.07, 6.45) is 0. The van der Waals surface area contributed by atoms with Crippen molar-refractivity contribution in [1.82, 2.24) is 0 Å². The summed E-state index contributed by atoms with van der Waals surface area (Å²) in [5.74, 6) is -0.303. The Kier molecular flexibility index (Phi) is 4.15. The summed E-state index contributed by atoms with van der Waals surface area (Å²) in [5.41, 5.74) is 2.58. The molecule has 0 spiro atoms. The van der Waals surface area contributed by atoms with Crippen LogP contribution in [0.4, 0.5) is 0 Å². The van der Waals surface area contributed by atoms with Gasteiger partial charge in [-0.1, -0.05) is 46.3 Å². The van der Waals surface area contributed by atoms with Crippen LogP contribution in [-0.2, 0) is 11.3 Å². The van der Waals surface area contributed by atoms with Gasteiger partial charge in [-0.2, -0.15) is 0 Å². The molecule has 2 rings (SSSR count). The van der Waals surface area contributed by atoms with Gasteiger partial charge in [0.05, 0.1) is 5.56 Å². The molecule has 0 bridgehead atoms. The molecule has 2 nitrogen and oxygen atoms in total. The van der Waals surface area contributed by atoms with E-state index in [1.54, 1.807) is 6.07 Å². The molecule has 0 heterocycles. The van der Waals surface area contributed by atoms with E-state index in [1.807, 2.05) is 49.4 Å². The summed E-state index contributed by atoms with van der Waals surface area (Å²) < 4.78 is 6.15. The van der Waals surface area contributed by atoms with Crippen molar-refractivity contribution in [2.75, 3.05) is 0 Å². The monoisotopic (exact) mass is 304 g/mol. The van der Waals surface area contributed by atoms with Crippen LogP contribution in [0.1, 0.15) is 21.5 Å². The van der Waals surface area contributed by atoms with Crippen LogP contribution in [0.15, 0.2) is 53.0 Å². The number of aryl methyl sites for hydroxylation is 1. The third-order valence-corrected chi connectivity index (χ3v) is 2.95. The Labute approximate surface area is 115 Å². The van der Waals surface area contributed by atoms with Crippen molar-refractivity contribution in [2.24, 2.45) is 0 Å². The Balaban J connectivity index is 2.04. The average molecular weight is 305 g/mol. The topological polar surface area (TPSA) is 26.3 Å². The number of benzene rings is 2. The van der Waals surface area contributed by atoms with Gasteiger partial charge in [0.15, 0.2) is 0 Å². The van der Waals surface area contributed by atoms with Crippen LogP contribution < -0.4 is 0 Å². The predicted molar refractivity (Wildman–Crippen MR) is 74.4 cm³/mol. The SMILES string of the molecule is Cc1cc(Br)cc(C(=O)OCc2ccccc2)c1.